The Balaban J connectivity index is 1.60. The van der Waals surface area contributed by atoms with Gasteiger partial charge < -0.3 is 18.9 Å². The highest BCUT2D eigenvalue weighted by Crippen LogP contribution is 2.25. The number of esters is 1. The summed E-state index contributed by atoms with van der Waals surface area (Å²) in [6.45, 7) is 5.29. The minimum Gasteiger partial charge on any atom is -0.468 e. The summed E-state index contributed by atoms with van der Waals surface area (Å²) in [7, 11) is 1.37. The highest BCUT2D eigenvalue weighted by molar-refractivity contribution is 5.90. The fraction of sp³-hybridized carbons (Fsp3) is 0.500. The van der Waals surface area contributed by atoms with Crippen LogP contribution in [0.4, 0.5) is 0 Å². The Morgan fingerprint density at radius 1 is 1.42 bits per heavy atom. The highest BCUT2D eigenvalue weighted by atomic mass is 16.5. The van der Waals surface area contributed by atoms with Gasteiger partial charge in [-0.25, -0.2) is 4.79 Å². The van der Waals surface area contributed by atoms with Gasteiger partial charge in [-0.2, -0.15) is 0 Å². The van der Waals surface area contributed by atoms with Gasteiger partial charge >= 0.3 is 5.97 Å². The van der Waals surface area contributed by atoms with E-state index in [9.17, 15) is 4.79 Å². The number of hydrogen-bond acceptors (Lipinski definition) is 6. The minimum atomic E-state index is -0.368. The van der Waals surface area contributed by atoms with E-state index < -0.39 is 0 Å². The van der Waals surface area contributed by atoms with Crippen molar-refractivity contribution >= 4 is 5.97 Å². The molecule has 0 bridgehead atoms. The van der Waals surface area contributed by atoms with Gasteiger partial charge in [0.25, 0.3) is 0 Å². The number of nitrogens with zero attached hydrogens (tertiary/aromatic N) is 1. The monoisotopic (exact) mass is 332 g/mol. The number of hydrogen-bond donors (Lipinski definition) is 1. The Morgan fingerprint density at radius 2 is 2.21 bits per heavy atom. The minimum absolute atomic E-state index is 0.221. The van der Waals surface area contributed by atoms with Crippen LogP contribution in [0, 0.1) is 6.92 Å². The topological polar surface area (TPSA) is 67.8 Å². The molecular formula is C18H24N2O4. The molecule has 1 saturated heterocycles. The van der Waals surface area contributed by atoms with Gasteiger partial charge in [0.05, 0.1) is 26.0 Å². The van der Waals surface area contributed by atoms with Crippen LogP contribution in [-0.2, 0) is 11.3 Å². The van der Waals surface area contributed by atoms with Gasteiger partial charge in [0.2, 0.25) is 0 Å². The lowest BCUT2D eigenvalue weighted by Crippen LogP contribution is -2.33. The van der Waals surface area contributed by atoms with Crippen LogP contribution in [0.5, 0.6) is 0 Å². The number of nitrogens with one attached hydrogen (secondary N) is 1. The predicted octanol–water partition coefficient (Wildman–Crippen LogP) is 2.89. The van der Waals surface area contributed by atoms with Gasteiger partial charge in [-0.05, 0) is 51.1 Å². The molecule has 0 aromatic carbocycles. The number of ether oxygens (including phenoxy) is 1. The number of carbonyl (C=O) groups is 1. The zero-order chi connectivity index (χ0) is 16.9. The number of rotatable bonds is 7. The van der Waals surface area contributed by atoms with Crippen molar-refractivity contribution in [2.24, 2.45) is 0 Å². The number of methoxy groups -OCH3 is 1. The summed E-state index contributed by atoms with van der Waals surface area (Å²) >= 11 is 0. The third kappa shape index (κ3) is 3.71. The third-order valence-corrected chi connectivity index (χ3v) is 4.46. The van der Waals surface area contributed by atoms with Gasteiger partial charge in [0.1, 0.15) is 22.8 Å². The molecule has 3 heterocycles. The van der Waals surface area contributed by atoms with E-state index in [2.05, 4.69) is 10.2 Å². The molecule has 1 aliphatic rings. The second-order valence-electron chi connectivity index (χ2n) is 6.08. The van der Waals surface area contributed by atoms with Crippen molar-refractivity contribution in [3.8, 4) is 0 Å². The largest absolute Gasteiger partial charge is 0.468 e. The van der Waals surface area contributed by atoms with E-state index in [0.29, 0.717) is 17.9 Å². The maximum absolute atomic E-state index is 11.6. The van der Waals surface area contributed by atoms with Crippen LogP contribution in [-0.4, -0.2) is 37.6 Å². The summed E-state index contributed by atoms with van der Waals surface area (Å²) in [6, 6.07) is 5.92. The molecule has 1 fully saturated rings. The molecule has 2 aromatic rings. The van der Waals surface area contributed by atoms with Crippen LogP contribution in [0.1, 0.15) is 46.5 Å². The molecular weight excluding hydrogens is 308 g/mol. The normalized spacial score (nSPS) is 16.4. The van der Waals surface area contributed by atoms with Gasteiger partial charge in [-0.15, -0.1) is 0 Å². The molecule has 6 heteroatoms. The maximum Gasteiger partial charge on any atom is 0.341 e. The van der Waals surface area contributed by atoms with E-state index >= 15 is 0 Å². The van der Waals surface area contributed by atoms with Gasteiger partial charge in [0, 0.05) is 6.54 Å². The van der Waals surface area contributed by atoms with Crippen molar-refractivity contribution in [3.63, 3.8) is 0 Å². The Bertz CT molecular complexity index is 657. The zero-order valence-corrected chi connectivity index (χ0v) is 14.2. The predicted molar refractivity (Wildman–Crippen MR) is 88.7 cm³/mol. The molecule has 24 heavy (non-hydrogen) atoms. The van der Waals surface area contributed by atoms with Crippen LogP contribution >= 0.6 is 0 Å². The van der Waals surface area contributed by atoms with Crippen LogP contribution in [0.25, 0.3) is 0 Å². The number of likely N-dealkylation sites (tertiary alicyclic amines) is 1. The second kappa shape index (κ2) is 7.68. The summed E-state index contributed by atoms with van der Waals surface area (Å²) in [5.41, 5.74) is 0.483. The molecule has 0 radical (unpaired) electrons. The SMILES string of the molecule is COC(=O)c1cc(CNCC(c2ccco2)N2CCCC2)oc1C. The Kier molecular flexibility index (Phi) is 5.37. The fourth-order valence-electron chi connectivity index (χ4n) is 3.22. The first-order valence-corrected chi connectivity index (χ1v) is 8.35. The molecule has 6 nitrogen and oxygen atoms in total. The number of carbonyl (C=O) groups excluding carboxylic acids is 1. The molecule has 130 valence electrons. The Morgan fingerprint density at radius 3 is 2.88 bits per heavy atom. The maximum atomic E-state index is 11.6. The average Bonchev–Trinajstić information content (AvgIpc) is 3.33. The lowest BCUT2D eigenvalue weighted by Gasteiger charge is -2.25. The molecule has 1 aliphatic heterocycles. The zero-order valence-electron chi connectivity index (χ0n) is 14.2. The summed E-state index contributed by atoms with van der Waals surface area (Å²) in [6.07, 6.45) is 4.19. The van der Waals surface area contributed by atoms with Gasteiger partial charge in [-0.3, -0.25) is 4.90 Å². The summed E-state index contributed by atoms with van der Waals surface area (Å²) in [5.74, 6) is 1.93. The van der Waals surface area contributed by atoms with Gasteiger partial charge in [-0.1, -0.05) is 0 Å². The van der Waals surface area contributed by atoms with Crippen molar-refractivity contribution in [1.82, 2.24) is 10.2 Å². The summed E-state index contributed by atoms with van der Waals surface area (Å²) in [4.78, 5) is 14.1. The molecule has 0 saturated carbocycles. The lowest BCUT2D eigenvalue weighted by atomic mass is 10.2. The molecule has 0 spiro atoms. The van der Waals surface area contributed by atoms with Crippen molar-refractivity contribution < 1.29 is 18.4 Å². The van der Waals surface area contributed by atoms with Crippen molar-refractivity contribution in [2.45, 2.75) is 32.4 Å². The van der Waals surface area contributed by atoms with Crippen LogP contribution in [0.15, 0.2) is 33.3 Å². The van der Waals surface area contributed by atoms with E-state index in [4.69, 9.17) is 13.6 Å². The molecule has 0 amide bonds. The smallest absolute Gasteiger partial charge is 0.341 e. The molecule has 1 N–H and O–H groups in total. The first-order valence-electron chi connectivity index (χ1n) is 8.35. The summed E-state index contributed by atoms with van der Waals surface area (Å²) < 4.78 is 16.0. The first-order chi connectivity index (χ1) is 11.7. The number of furan rings is 2. The van der Waals surface area contributed by atoms with E-state index in [0.717, 1.165) is 31.2 Å². The molecule has 1 atom stereocenters. The second-order valence-corrected chi connectivity index (χ2v) is 6.08. The highest BCUT2D eigenvalue weighted by Gasteiger charge is 2.25. The quantitative estimate of drug-likeness (QED) is 0.786. The van der Waals surface area contributed by atoms with E-state index in [1.54, 1.807) is 19.3 Å². The molecule has 3 rings (SSSR count). The van der Waals surface area contributed by atoms with Crippen molar-refractivity contribution in [3.05, 3.63) is 47.3 Å². The van der Waals surface area contributed by atoms with E-state index in [1.807, 2.05) is 12.1 Å². The van der Waals surface area contributed by atoms with E-state index in [1.165, 1.54) is 20.0 Å². The van der Waals surface area contributed by atoms with Crippen molar-refractivity contribution in [2.75, 3.05) is 26.7 Å². The van der Waals surface area contributed by atoms with E-state index in [-0.39, 0.29) is 12.0 Å². The van der Waals surface area contributed by atoms with Crippen LogP contribution in [0.3, 0.4) is 0 Å². The molecule has 2 aromatic heterocycles. The lowest BCUT2D eigenvalue weighted by molar-refractivity contribution is 0.0599. The standard InChI is InChI=1S/C18H24N2O4/c1-13-15(18(21)22-2)10-14(24-13)11-19-12-16(17-6-5-9-23-17)20-7-3-4-8-20/h5-6,9-10,16,19H,3-4,7-8,11-12H2,1-2H3. The first kappa shape index (κ1) is 16.8. The Labute approximate surface area is 141 Å². The van der Waals surface area contributed by atoms with Crippen LogP contribution in [0.2, 0.25) is 0 Å². The van der Waals surface area contributed by atoms with Crippen LogP contribution < -0.4 is 5.32 Å². The Hall–Kier alpha value is -2.05. The molecule has 1 unspecified atom stereocenters. The van der Waals surface area contributed by atoms with Gasteiger partial charge in [0.15, 0.2) is 0 Å². The van der Waals surface area contributed by atoms with Crippen molar-refractivity contribution in [1.29, 1.82) is 0 Å². The number of aryl methyl sites for hydroxylation is 1. The molecule has 0 aliphatic carbocycles. The average molecular weight is 332 g/mol. The fourth-order valence-corrected chi connectivity index (χ4v) is 3.22. The third-order valence-electron chi connectivity index (χ3n) is 4.46. The summed E-state index contributed by atoms with van der Waals surface area (Å²) in [5, 5.41) is 3.42.